The molecule has 0 aliphatic carbocycles. The number of nitrogens with zero attached hydrogens (tertiary/aromatic N) is 3. The number of aromatic nitrogens is 3. The molecule has 3 nitrogen and oxygen atoms in total. The van der Waals surface area contributed by atoms with Crippen molar-refractivity contribution in [3.63, 3.8) is 0 Å². The van der Waals surface area contributed by atoms with Crippen LogP contribution in [0, 0.1) is 0 Å². The van der Waals surface area contributed by atoms with Gasteiger partial charge in [0.05, 0.1) is 11.4 Å². The Morgan fingerprint density at radius 2 is 0.846 bits per heavy atom. The van der Waals surface area contributed by atoms with Gasteiger partial charge in [0.1, 0.15) is 0 Å². The Bertz CT molecular complexity index is 2880. The van der Waals surface area contributed by atoms with Crippen LogP contribution in [0.25, 0.3) is 99.6 Å². The third-order valence-electron chi connectivity index (χ3n) is 10.1. The van der Waals surface area contributed by atoms with Crippen LogP contribution in [0.5, 0.6) is 0 Å². The van der Waals surface area contributed by atoms with E-state index in [0.29, 0.717) is 5.82 Å². The second-order valence-electron chi connectivity index (χ2n) is 13.2. The van der Waals surface area contributed by atoms with Gasteiger partial charge in [0.15, 0.2) is 5.82 Å². The number of hydrogen-bond donors (Lipinski definition) is 0. The van der Waals surface area contributed by atoms with Crippen molar-refractivity contribution in [1.82, 2.24) is 15.0 Å². The van der Waals surface area contributed by atoms with Gasteiger partial charge < -0.3 is 0 Å². The molecule has 10 rings (SSSR count). The Hall–Kier alpha value is -6.97. The average molecular weight is 662 g/mol. The van der Waals surface area contributed by atoms with Gasteiger partial charge in [-0.3, -0.25) is 4.98 Å². The van der Waals surface area contributed by atoms with Crippen molar-refractivity contribution in [1.29, 1.82) is 0 Å². The lowest BCUT2D eigenvalue weighted by molar-refractivity contribution is 1.18. The molecule has 0 saturated carbocycles. The second kappa shape index (κ2) is 12.4. The highest BCUT2D eigenvalue weighted by molar-refractivity contribution is 6.27. The molecule has 10 aromatic rings. The lowest BCUT2D eigenvalue weighted by Crippen LogP contribution is -1.96. The topological polar surface area (TPSA) is 38.7 Å². The van der Waals surface area contributed by atoms with Gasteiger partial charge in [-0.2, -0.15) is 0 Å². The molecule has 0 N–H and O–H groups in total. The number of hydrogen-bond acceptors (Lipinski definition) is 3. The lowest BCUT2D eigenvalue weighted by atomic mass is 9.87. The molecular weight excluding hydrogens is 631 g/mol. The summed E-state index contributed by atoms with van der Waals surface area (Å²) in [6.07, 6.45) is 3.68. The molecule has 0 aliphatic heterocycles. The Kier molecular flexibility index (Phi) is 7.14. The van der Waals surface area contributed by atoms with Crippen LogP contribution in [0.1, 0.15) is 0 Å². The minimum atomic E-state index is 0.685. The van der Waals surface area contributed by atoms with Crippen LogP contribution in [0.4, 0.5) is 0 Å². The van der Waals surface area contributed by atoms with E-state index in [1.54, 1.807) is 6.20 Å². The molecule has 2 aromatic heterocycles. The zero-order valence-corrected chi connectivity index (χ0v) is 28.2. The van der Waals surface area contributed by atoms with E-state index >= 15 is 0 Å². The molecule has 52 heavy (non-hydrogen) atoms. The molecule has 0 radical (unpaired) electrons. The standard InChI is InChI=1S/C49H31N3/c1-3-10-32(11-4-1)41-23-19-34-22-26-44-42(24-20-35-21-25-43(41)47(34)48(35)44)37-15-8-16-38(29-37)46-30-45(33-12-5-2-6-13-33)51-49(52-46)39-17-7-14-36(28-39)40-18-9-27-50-31-40/h1-31H. The van der Waals surface area contributed by atoms with E-state index in [2.05, 4.69) is 169 Å². The van der Waals surface area contributed by atoms with Crippen molar-refractivity contribution >= 4 is 32.3 Å². The van der Waals surface area contributed by atoms with E-state index in [-0.39, 0.29) is 0 Å². The van der Waals surface area contributed by atoms with Gasteiger partial charge in [0.2, 0.25) is 0 Å². The monoisotopic (exact) mass is 661 g/mol. The van der Waals surface area contributed by atoms with Crippen LogP contribution in [0.3, 0.4) is 0 Å². The highest BCUT2D eigenvalue weighted by Gasteiger charge is 2.16. The summed E-state index contributed by atoms with van der Waals surface area (Å²) in [5.74, 6) is 0.685. The predicted octanol–water partition coefficient (Wildman–Crippen LogP) is 12.8. The Balaban J connectivity index is 1.13. The van der Waals surface area contributed by atoms with E-state index in [1.807, 2.05) is 18.3 Å². The molecule has 0 bridgehead atoms. The summed E-state index contributed by atoms with van der Waals surface area (Å²) < 4.78 is 0. The minimum absolute atomic E-state index is 0.685. The van der Waals surface area contributed by atoms with Crippen molar-refractivity contribution in [2.24, 2.45) is 0 Å². The third kappa shape index (κ3) is 5.19. The molecule has 2 heterocycles. The van der Waals surface area contributed by atoms with Gasteiger partial charge in [0, 0.05) is 34.6 Å². The first-order valence-electron chi connectivity index (χ1n) is 17.6. The number of pyridine rings is 1. The maximum Gasteiger partial charge on any atom is 0.160 e. The highest BCUT2D eigenvalue weighted by atomic mass is 14.9. The molecule has 242 valence electrons. The average Bonchev–Trinajstić information content (AvgIpc) is 3.23. The van der Waals surface area contributed by atoms with E-state index < -0.39 is 0 Å². The van der Waals surface area contributed by atoms with Gasteiger partial charge in [0.25, 0.3) is 0 Å². The molecule has 0 aliphatic rings. The van der Waals surface area contributed by atoms with Crippen LogP contribution < -0.4 is 0 Å². The molecule has 0 amide bonds. The predicted molar refractivity (Wildman–Crippen MR) is 216 cm³/mol. The van der Waals surface area contributed by atoms with Gasteiger partial charge in [-0.05, 0) is 84.4 Å². The molecule has 0 spiro atoms. The van der Waals surface area contributed by atoms with E-state index in [0.717, 1.165) is 44.8 Å². The molecular formula is C49H31N3. The number of rotatable bonds is 6. The largest absolute Gasteiger partial charge is 0.264 e. The fourth-order valence-corrected chi connectivity index (χ4v) is 7.62. The van der Waals surface area contributed by atoms with E-state index in [1.165, 1.54) is 49.0 Å². The van der Waals surface area contributed by atoms with Crippen molar-refractivity contribution in [2.45, 2.75) is 0 Å². The highest BCUT2D eigenvalue weighted by Crippen LogP contribution is 2.43. The second-order valence-corrected chi connectivity index (χ2v) is 13.2. The number of benzene rings is 8. The van der Waals surface area contributed by atoms with Gasteiger partial charge >= 0.3 is 0 Å². The zero-order valence-electron chi connectivity index (χ0n) is 28.2. The summed E-state index contributed by atoms with van der Waals surface area (Å²) >= 11 is 0. The fourth-order valence-electron chi connectivity index (χ4n) is 7.62. The molecule has 8 aromatic carbocycles. The van der Waals surface area contributed by atoms with Gasteiger partial charge in [-0.15, -0.1) is 0 Å². The van der Waals surface area contributed by atoms with Crippen LogP contribution in [0.15, 0.2) is 188 Å². The summed E-state index contributed by atoms with van der Waals surface area (Å²) in [7, 11) is 0. The van der Waals surface area contributed by atoms with Crippen LogP contribution >= 0.6 is 0 Å². The Morgan fingerprint density at radius 1 is 0.327 bits per heavy atom. The zero-order chi connectivity index (χ0) is 34.4. The van der Waals surface area contributed by atoms with Crippen molar-refractivity contribution in [2.75, 3.05) is 0 Å². The SMILES string of the molecule is c1ccc(-c2cc(-c3cccc(-c4ccc5ccc6c(-c7ccccc7)ccc7ccc4c5c76)c3)nc(-c3cccc(-c4cccnc4)c3)n2)cc1. The molecule has 0 unspecified atom stereocenters. The van der Waals surface area contributed by atoms with Crippen molar-refractivity contribution < 1.29 is 0 Å². The lowest BCUT2D eigenvalue weighted by Gasteiger charge is -2.17. The first-order chi connectivity index (χ1) is 25.8. The first-order valence-corrected chi connectivity index (χ1v) is 17.6. The van der Waals surface area contributed by atoms with Crippen molar-refractivity contribution in [3.8, 4) is 67.3 Å². The molecule has 0 saturated heterocycles. The molecule has 0 fully saturated rings. The smallest absolute Gasteiger partial charge is 0.160 e. The maximum absolute atomic E-state index is 5.21. The minimum Gasteiger partial charge on any atom is -0.264 e. The van der Waals surface area contributed by atoms with Crippen LogP contribution in [-0.4, -0.2) is 15.0 Å². The fraction of sp³-hybridized carbons (Fsp3) is 0. The van der Waals surface area contributed by atoms with Gasteiger partial charge in [-0.1, -0.05) is 152 Å². The normalized spacial score (nSPS) is 11.5. The third-order valence-corrected chi connectivity index (χ3v) is 10.1. The molecule has 3 heteroatoms. The molecule has 0 atom stereocenters. The van der Waals surface area contributed by atoms with Crippen LogP contribution in [0.2, 0.25) is 0 Å². The van der Waals surface area contributed by atoms with E-state index in [9.17, 15) is 0 Å². The van der Waals surface area contributed by atoms with E-state index in [4.69, 9.17) is 9.97 Å². The summed E-state index contributed by atoms with van der Waals surface area (Å²) in [4.78, 5) is 14.6. The van der Waals surface area contributed by atoms with Crippen molar-refractivity contribution in [3.05, 3.63) is 188 Å². The Labute approximate surface area is 301 Å². The van der Waals surface area contributed by atoms with Crippen LogP contribution in [-0.2, 0) is 0 Å². The Morgan fingerprint density at radius 3 is 1.52 bits per heavy atom. The van der Waals surface area contributed by atoms with Gasteiger partial charge in [-0.25, -0.2) is 9.97 Å². The quantitative estimate of drug-likeness (QED) is 0.166. The summed E-state index contributed by atoms with van der Waals surface area (Å²) in [5.41, 5.74) is 11.8. The maximum atomic E-state index is 5.21. The summed E-state index contributed by atoms with van der Waals surface area (Å²) in [5, 5.41) is 7.66. The summed E-state index contributed by atoms with van der Waals surface area (Å²) in [6.45, 7) is 0. The first kappa shape index (κ1) is 29.9. The summed E-state index contributed by atoms with van der Waals surface area (Å²) in [6, 6.07) is 62.5.